The van der Waals surface area contributed by atoms with Gasteiger partial charge in [-0.15, -0.1) is 0 Å². The summed E-state index contributed by atoms with van der Waals surface area (Å²) >= 11 is 0. The third-order valence-electron chi connectivity index (χ3n) is 1.60. The maximum atomic E-state index is 12.8. The average molecular weight is 221 g/mol. The number of hydrogen-bond acceptors (Lipinski definition) is 3. The fourth-order valence-corrected chi connectivity index (χ4v) is 2.03. The molecule has 0 aliphatic rings. The van der Waals surface area contributed by atoms with Gasteiger partial charge in [0.15, 0.2) is 9.84 Å². The molecule has 0 fully saturated rings. The smallest absolute Gasteiger partial charge is 0.181 e. The molecule has 0 bridgehead atoms. The minimum Gasteiger partial charge on any atom is -0.399 e. The van der Waals surface area contributed by atoms with Crippen LogP contribution in [-0.4, -0.2) is 20.8 Å². The number of benzene rings is 1. The van der Waals surface area contributed by atoms with Crippen LogP contribution in [0.4, 0.5) is 14.5 Å². The zero-order valence-electron chi connectivity index (χ0n) is 7.20. The topological polar surface area (TPSA) is 60.2 Å². The molecule has 78 valence electrons. The molecule has 1 rings (SSSR count). The zero-order valence-corrected chi connectivity index (χ0v) is 8.02. The van der Waals surface area contributed by atoms with Crippen LogP contribution in [0.2, 0.25) is 0 Å². The predicted molar refractivity (Wildman–Crippen MR) is 48.8 cm³/mol. The van der Waals surface area contributed by atoms with Gasteiger partial charge in [0.2, 0.25) is 0 Å². The van der Waals surface area contributed by atoms with E-state index < -0.39 is 28.1 Å². The Kier molecular flexibility index (Phi) is 3.05. The molecule has 0 spiro atoms. The van der Waals surface area contributed by atoms with Gasteiger partial charge in [-0.2, -0.15) is 0 Å². The van der Waals surface area contributed by atoms with Crippen LogP contribution < -0.4 is 5.73 Å². The molecule has 0 saturated carbocycles. The lowest BCUT2D eigenvalue weighted by atomic mass is 10.3. The lowest BCUT2D eigenvalue weighted by Gasteiger charge is -2.03. The van der Waals surface area contributed by atoms with Crippen LogP contribution in [0, 0.1) is 5.82 Å². The van der Waals surface area contributed by atoms with Crippen molar-refractivity contribution >= 4 is 15.5 Å². The normalized spacial score (nSPS) is 11.6. The molecule has 1 aromatic carbocycles. The monoisotopic (exact) mass is 221 g/mol. The molecule has 0 aliphatic heterocycles. The van der Waals surface area contributed by atoms with E-state index in [4.69, 9.17) is 5.73 Å². The van der Waals surface area contributed by atoms with Gasteiger partial charge in [0.05, 0.1) is 10.6 Å². The number of hydrogen-bond donors (Lipinski definition) is 1. The Hall–Kier alpha value is -1.17. The number of sulfone groups is 1. The molecule has 0 heterocycles. The fourth-order valence-electron chi connectivity index (χ4n) is 0.983. The maximum Gasteiger partial charge on any atom is 0.181 e. The summed E-state index contributed by atoms with van der Waals surface area (Å²) in [6.45, 7) is -1.00. The minimum atomic E-state index is -3.75. The molecule has 14 heavy (non-hydrogen) atoms. The van der Waals surface area contributed by atoms with Crippen LogP contribution in [0.15, 0.2) is 23.1 Å². The highest BCUT2D eigenvalue weighted by Crippen LogP contribution is 2.17. The Balaban J connectivity index is 3.19. The highest BCUT2D eigenvalue weighted by Gasteiger charge is 2.15. The van der Waals surface area contributed by atoms with Crippen molar-refractivity contribution < 1.29 is 17.2 Å². The number of nitrogen functional groups attached to an aromatic ring is 1. The van der Waals surface area contributed by atoms with Gasteiger partial charge in [0.25, 0.3) is 0 Å². The van der Waals surface area contributed by atoms with Gasteiger partial charge in [0, 0.05) is 5.69 Å². The van der Waals surface area contributed by atoms with Crippen LogP contribution in [0.3, 0.4) is 0 Å². The van der Waals surface area contributed by atoms with Crippen molar-refractivity contribution in [2.24, 2.45) is 0 Å². The number of anilines is 1. The van der Waals surface area contributed by atoms with E-state index in [1.165, 1.54) is 0 Å². The molecular weight excluding hydrogens is 212 g/mol. The van der Waals surface area contributed by atoms with Gasteiger partial charge in [-0.25, -0.2) is 17.2 Å². The van der Waals surface area contributed by atoms with E-state index in [-0.39, 0.29) is 10.6 Å². The van der Waals surface area contributed by atoms with Gasteiger partial charge in [-0.05, 0) is 18.2 Å². The summed E-state index contributed by atoms with van der Waals surface area (Å²) in [5.74, 6) is -1.40. The first-order chi connectivity index (χ1) is 6.45. The molecule has 0 amide bonds. The molecule has 0 aromatic heterocycles. The Morgan fingerprint density at radius 1 is 1.29 bits per heavy atom. The molecule has 0 aliphatic carbocycles. The van der Waals surface area contributed by atoms with E-state index in [0.717, 1.165) is 18.2 Å². The molecule has 3 nitrogen and oxygen atoms in total. The highest BCUT2D eigenvalue weighted by atomic mass is 32.2. The standard InChI is InChI=1S/C8H9F2NO2S/c9-1-2-14(12,13)8-4-6(10)3-7(11)5-8/h3-5H,1-2,11H2. The lowest BCUT2D eigenvalue weighted by molar-refractivity contribution is 0.517. The van der Waals surface area contributed by atoms with Gasteiger partial charge >= 0.3 is 0 Å². The maximum absolute atomic E-state index is 12.8. The summed E-state index contributed by atoms with van der Waals surface area (Å²) in [5, 5.41) is 0. The van der Waals surface area contributed by atoms with Crippen molar-refractivity contribution in [2.45, 2.75) is 4.90 Å². The van der Waals surface area contributed by atoms with Gasteiger partial charge in [-0.1, -0.05) is 0 Å². The van der Waals surface area contributed by atoms with E-state index in [2.05, 4.69) is 0 Å². The third-order valence-corrected chi connectivity index (χ3v) is 3.24. The van der Waals surface area contributed by atoms with Crippen molar-refractivity contribution in [1.82, 2.24) is 0 Å². The van der Waals surface area contributed by atoms with Crippen molar-refractivity contribution in [3.05, 3.63) is 24.0 Å². The van der Waals surface area contributed by atoms with Crippen LogP contribution in [0.25, 0.3) is 0 Å². The molecule has 1 aromatic rings. The highest BCUT2D eigenvalue weighted by molar-refractivity contribution is 7.91. The Morgan fingerprint density at radius 3 is 2.43 bits per heavy atom. The molecular formula is C8H9F2NO2S. The summed E-state index contributed by atoms with van der Waals surface area (Å²) in [4.78, 5) is -0.285. The fraction of sp³-hybridized carbons (Fsp3) is 0.250. The van der Waals surface area contributed by atoms with E-state index in [9.17, 15) is 17.2 Å². The van der Waals surface area contributed by atoms with E-state index >= 15 is 0 Å². The second kappa shape index (κ2) is 3.91. The average Bonchev–Trinajstić information content (AvgIpc) is 2.02. The van der Waals surface area contributed by atoms with Crippen molar-refractivity contribution in [1.29, 1.82) is 0 Å². The molecule has 0 unspecified atom stereocenters. The quantitative estimate of drug-likeness (QED) is 0.779. The lowest BCUT2D eigenvalue weighted by Crippen LogP contribution is -2.09. The summed E-state index contributed by atoms with van der Waals surface area (Å²) < 4.78 is 47.2. The van der Waals surface area contributed by atoms with Crippen LogP contribution in [0.1, 0.15) is 0 Å². The van der Waals surface area contributed by atoms with E-state index in [0.29, 0.717) is 0 Å². The van der Waals surface area contributed by atoms with Crippen molar-refractivity contribution in [2.75, 3.05) is 18.2 Å². The summed E-state index contributed by atoms with van der Waals surface area (Å²) in [6.07, 6.45) is 0. The van der Waals surface area contributed by atoms with Crippen LogP contribution in [0.5, 0.6) is 0 Å². The third kappa shape index (κ3) is 2.41. The molecule has 0 radical (unpaired) electrons. The Morgan fingerprint density at radius 2 is 1.93 bits per heavy atom. The van der Waals surface area contributed by atoms with Crippen molar-refractivity contribution in [3.63, 3.8) is 0 Å². The minimum absolute atomic E-state index is 0.00225. The van der Waals surface area contributed by atoms with E-state index in [1.54, 1.807) is 0 Å². The number of rotatable bonds is 3. The van der Waals surface area contributed by atoms with Crippen molar-refractivity contribution in [3.8, 4) is 0 Å². The largest absolute Gasteiger partial charge is 0.399 e. The number of halogens is 2. The Bertz CT molecular complexity index is 411. The first kappa shape index (κ1) is 10.9. The Labute approximate surface area is 80.5 Å². The summed E-state index contributed by atoms with van der Waals surface area (Å²) in [5.41, 5.74) is 5.26. The van der Waals surface area contributed by atoms with Gasteiger partial charge < -0.3 is 5.73 Å². The first-order valence-electron chi connectivity index (χ1n) is 3.80. The molecule has 0 saturated heterocycles. The van der Waals surface area contributed by atoms with E-state index in [1.807, 2.05) is 0 Å². The second-order valence-corrected chi connectivity index (χ2v) is 4.84. The summed E-state index contributed by atoms with van der Waals surface area (Å²) in [7, 11) is -3.75. The zero-order chi connectivity index (χ0) is 10.8. The summed E-state index contributed by atoms with van der Waals surface area (Å²) in [6, 6.07) is 2.92. The predicted octanol–water partition coefficient (Wildman–Crippen LogP) is 1.15. The number of nitrogens with two attached hydrogens (primary N) is 1. The van der Waals surface area contributed by atoms with Gasteiger partial charge in [-0.3, -0.25) is 0 Å². The SMILES string of the molecule is Nc1cc(F)cc(S(=O)(=O)CCF)c1. The second-order valence-electron chi connectivity index (χ2n) is 2.73. The first-order valence-corrected chi connectivity index (χ1v) is 5.46. The van der Waals surface area contributed by atoms with Crippen LogP contribution in [-0.2, 0) is 9.84 Å². The molecule has 2 N–H and O–H groups in total. The molecule has 6 heteroatoms. The van der Waals surface area contributed by atoms with Gasteiger partial charge in [0.1, 0.15) is 12.5 Å². The molecule has 0 atom stereocenters. The number of alkyl halides is 1. The van der Waals surface area contributed by atoms with Crippen LogP contribution >= 0.6 is 0 Å².